The van der Waals surface area contributed by atoms with Crippen LogP contribution >= 0.6 is 0 Å². The van der Waals surface area contributed by atoms with Crippen LogP contribution in [0.3, 0.4) is 0 Å². The molecule has 0 atom stereocenters. The van der Waals surface area contributed by atoms with Crippen LogP contribution in [0.25, 0.3) is 21.8 Å². The summed E-state index contributed by atoms with van der Waals surface area (Å²) in [5, 5.41) is 21.3. The van der Waals surface area contributed by atoms with E-state index >= 15 is 0 Å². The van der Waals surface area contributed by atoms with E-state index in [1.165, 1.54) is 0 Å². The molecule has 0 saturated carbocycles. The molecule has 4 nitrogen and oxygen atoms in total. The number of pyridine rings is 2. The van der Waals surface area contributed by atoms with Crippen LogP contribution in [0.4, 0.5) is 0 Å². The number of aryl methyl sites for hydroxylation is 4. The maximum Gasteiger partial charge on any atom is 0.142 e. The van der Waals surface area contributed by atoms with Crippen LogP contribution in [-0.4, -0.2) is 20.2 Å². The fourth-order valence-corrected chi connectivity index (χ4v) is 3.02. The van der Waals surface area contributed by atoms with Crippen molar-refractivity contribution in [1.82, 2.24) is 9.97 Å². The predicted octanol–water partition coefficient (Wildman–Crippen LogP) is 5.11. The molecule has 0 aliphatic heterocycles. The Labute approximate surface area is 171 Å². The minimum Gasteiger partial charge on any atom is -0.506 e. The van der Waals surface area contributed by atoms with Gasteiger partial charge in [0, 0.05) is 42.6 Å². The molecule has 134 valence electrons. The first-order valence-electron chi connectivity index (χ1n) is 8.46. The molecule has 5 heteroatoms. The molecule has 0 unspecified atom stereocenters. The Balaban J connectivity index is 0.000000187. The van der Waals surface area contributed by atoms with Gasteiger partial charge in [-0.2, -0.15) is 0 Å². The molecule has 0 bridgehead atoms. The average Bonchev–Trinajstić information content (AvgIpc) is 2.57. The van der Waals surface area contributed by atoms with E-state index in [1.54, 1.807) is 24.5 Å². The van der Waals surface area contributed by atoms with Gasteiger partial charge in [0.05, 0.1) is 0 Å². The Hall–Kier alpha value is -2.52. The van der Waals surface area contributed by atoms with Crippen LogP contribution in [0.15, 0.2) is 48.8 Å². The van der Waals surface area contributed by atoms with Gasteiger partial charge in [-0.15, -0.1) is 0 Å². The monoisotopic (exact) mass is 410 g/mol. The van der Waals surface area contributed by atoms with Gasteiger partial charge in [-0.25, -0.2) is 0 Å². The van der Waals surface area contributed by atoms with Gasteiger partial charge in [0.25, 0.3) is 0 Å². The summed E-state index contributed by atoms with van der Waals surface area (Å²) in [5.41, 5.74) is 5.77. The van der Waals surface area contributed by atoms with Crippen molar-refractivity contribution in [2.45, 2.75) is 27.7 Å². The summed E-state index contributed by atoms with van der Waals surface area (Å²) in [7, 11) is 0. The smallest absolute Gasteiger partial charge is 0.142 e. The van der Waals surface area contributed by atoms with Crippen LogP contribution in [0.2, 0.25) is 0 Å². The third-order valence-corrected chi connectivity index (χ3v) is 4.37. The zero-order valence-corrected chi connectivity index (χ0v) is 19.1. The first-order valence-corrected chi connectivity index (χ1v) is 8.46. The van der Waals surface area contributed by atoms with E-state index in [0.29, 0.717) is 11.0 Å². The Morgan fingerprint density at radius 3 is 1.37 bits per heavy atom. The van der Waals surface area contributed by atoms with Gasteiger partial charge in [-0.05, 0) is 86.3 Å². The standard InChI is InChI=1S/2C11H11NO.Zn/c2*1-7-5-9-8(2)3-4-12-11(9)10(13)6-7;/h2*3-6,13H,1-2H3;. The number of fused-ring (bicyclic) bond motifs is 2. The fraction of sp³-hybridized carbons (Fsp3) is 0.182. The maximum atomic E-state index is 9.61. The number of aromatic hydroxyl groups is 2. The van der Waals surface area contributed by atoms with Gasteiger partial charge in [0.1, 0.15) is 22.5 Å². The third kappa shape index (κ3) is 4.43. The Bertz CT molecular complexity index is 1020. The largest absolute Gasteiger partial charge is 0.506 e. The van der Waals surface area contributed by atoms with Gasteiger partial charge in [-0.3, -0.25) is 9.97 Å². The second-order valence-electron chi connectivity index (χ2n) is 6.62. The van der Waals surface area contributed by atoms with Crippen LogP contribution < -0.4 is 0 Å². The fourth-order valence-electron chi connectivity index (χ4n) is 3.02. The van der Waals surface area contributed by atoms with Crippen LogP contribution in [0.1, 0.15) is 22.3 Å². The van der Waals surface area contributed by atoms with E-state index < -0.39 is 0 Å². The van der Waals surface area contributed by atoms with Gasteiger partial charge < -0.3 is 10.2 Å². The topological polar surface area (TPSA) is 66.2 Å². The number of nitrogens with zero attached hydrogens (tertiary/aromatic N) is 2. The van der Waals surface area contributed by atoms with E-state index in [0.717, 1.165) is 33.0 Å². The summed E-state index contributed by atoms with van der Waals surface area (Å²) in [6.45, 7) is 7.96. The molecule has 0 spiro atoms. The summed E-state index contributed by atoms with van der Waals surface area (Å²) >= 11 is 0. The number of rotatable bonds is 0. The zero-order chi connectivity index (χ0) is 18.8. The van der Waals surface area contributed by atoms with Gasteiger partial charge in [-0.1, -0.05) is 0 Å². The van der Waals surface area contributed by atoms with E-state index in [9.17, 15) is 10.2 Å². The minimum atomic E-state index is 0. The van der Waals surface area contributed by atoms with Crippen molar-refractivity contribution in [3.8, 4) is 11.5 Å². The van der Waals surface area contributed by atoms with Crippen molar-refractivity contribution in [2.24, 2.45) is 0 Å². The number of phenols is 2. The van der Waals surface area contributed by atoms with Crippen LogP contribution in [-0.2, 0) is 19.5 Å². The maximum absolute atomic E-state index is 9.61. The second-order valence-corrected chi connectivity index (χ2v) is 6.62. The van der Waals surface area contributed by atoms with Gasteiger partial charge >= 0.3 is 0 Å². The molecule has 2 aromatic carbocycles. The molecule has 0 radical (unpaired) electrons. The van der Waals surface area contributed by atoms with E-state index in [-0.39, 0.29) is 31.0 Å². The van der Waals surface area contributed by atoms with Crippen molar-refractivity contribution < 1.29 is 29.7 Å². The molecule has 2 heterocycles. The van der Waals surface area contributed by atoms with E-state index in [2.05, 4.69) is 9.97 Å². The minimum absolute atomic E-state index is 0. The molecule has 4 rings (SSSR count). The van der Waals surface area contributed by atoms with Crippen LogP contribution in [0.5, 0.6) is 11.5 Å². The first-order chi connectivity index (χ1) is 12.4. The first kappa shape index (κ1) is 20.8. The van der Waals surface area contributed by atoms with Crippen molar-refractivity contribution in [3.63, 3.8) is 0 Å². The molecule has 2 N–H and O–H groups in total. The number of aromatic nitrogens is 2. The summed E-state index contributed by atoms with van der Waals surface area (Å²) < 4.78 is 0. The summed E-state index contributed by atoms with van der Waals surface area (Å²) in [4.78, 5) is 8.27. The van der Waals surface area contributed by atoms with Crippen molar-refractivity contribution in [3.05, 3.63) is 71.0 Å². The SMILES string of the molecule is Cc1cc(O)c2nccc(C)c2c1.Cc1cc(O)c2nccc(C)c2c1.[Zn]. The van der Waals surface area contributed by atoms with Gasteiger partial charge in [0.2, 0.25) is 0 Å². The molecule has 0 aliphatic carbocycles. The van der Waals surface area contributed by atoms with E-state index in [1.807, 2.05) is 52.0 Å². The number of hydrogen-bond acceptors (Lipinski definition) is 4. The molecule has 0 amide bonds. The van der Waals surface area contributed by atoms with Crippen molar-refractivity contribution >= 4 is 21.8 Å². The molecular weight excluding hydrogens is 390 g/mol. The summed E-state index contributed by atoms with van der Waals surface area (Å²) in [6.07, 6.45) is 3.43. The summed E-state index contributed by atoms with van der Waals surface area (Å²) in [5.74, 6) is 0.525. The Kier molecular flexibility index (Phi) is 6.51. The molecule has 27 heavy (non-hydrogen) atoms. The number of phenolic OH excluding ortho intramolecular Hbond substituents is 2. The zero-order valence-electron chi connectivity index (χ0n) is 16.1. The van der Waals surface area contributed by atoms with Crippen molar-refractivity contribution in [1.29, 1.82) is 0 Å². The average molecular weight is 412 g/mol. The molecule has 0 fully saturated rings. The quantitative estimate of drug-likeness (QED) is 0.394. The third-order valence-electron chi connectivity index (χ3n) is 4.37. The molecule has 0 saturated heterocycles. The molecular formula is C22H22N2O2Zn. The van der Waals surface area contributed by atoms with Crippen molar-refractivity contribution in [2.75, 3.05) is 0 Å². The Morgan fingerprint density at radius 2 is 1.00 bits per heavy atom. The number of hydrogen-bond donors (Lipinski definition) is 2. The van der Waals surface area contributed by atoms with E-state index in [4.69, 9.17) is 0 Å². The Morgan fingerprint density at radius 1 is 0.630 bits per heavy atom. The normalized spacial score (nSPS) is 10.2. The molecule has 2 aromatic heterocycles. The molecule has 0 aliphatic rings. The number of benzene rings is 2. The van der Waals surface area contributed by atoms with Crippen LogP contribution in [0, 0.1) is 27.7 Å². The summed E-state index contributed by atoms with van der Waals surface area (Å²) in [6, 6.07) is 11.4. The molecule has 4 aromatic rings. The predicted molar refractivity (Wildman–Crippen MR) is 106 cm³/mol. The second kappa shape index (κ2) is 8.45. The van der Waals surface area contributed by atoms with Gasteiger partial charge in [0.15, 0.2) is 0 Å².